The predicted molar refractivity (Wildman–Crippen MR) is 73.3 cm³/mol. The van der Waals surface area contributed by atoms with E-state index in [0.29, 0.717) is 6.54 Å². The van der Waals surface area contributed by atoms with Gasteiger partial charge in [-0.05, 0) is 36.4 Å². The van der Waals surface area contributed by atoms with Gasteiger partial charge < -0.3 is 9.73 Å². The first-order valence-electron chi connectivity index (χ1n) is 5.79. The number of hydrogen-bond donors (Lipinski definition) is 1. The minimum Gasteiger partial charge on any atom is -0.467 e. The van der Waals surface area contributed by atoms with E-state index in [0.717, 1.165) is 11.4 Å². The Morgan fingerprint density at radius 1 is 1.16 bits per heavy atom. The molecule has 0 amide bonds. The second kappa shape index (κ2) is 5.46. The SMILES string of the molecule is CN(C)S(=O)(=O)c1ccc(NCc2ccco2)cc1. The molecule has 1 N–H and O–H groups in total. The van der Waals surface area contributed by atoms with Crippen molar-refractivity contribution < 1.29 is 12.8 Å². The fraction of sp³-hybridized carbons (Fsp3) is 0.231. The van der Waals surface area contributed by atoms with Crippen LogP contribution in [0.5, 0.6) is 0 Å². The summed E-state index contributed by atoms with van der Waals surface area (Å²) >= 11 is 0. The molecule has 1 aromatic carbocycles. The van der Waals surface area contributed by atoms with Gasteiger partial charge in [-0.3, -0.25) is 0 Å². The van der Waals surface area contributed by atoms with Gasteiger partial charge in [-0.1, -0.05) is 0 Å². The van der Waals surface area contributed by atoms with Gasteiger partial charge in [-0.15, -0.1) is 0 Å². The number of nitrogens with zero attached hydrogens (tertiary/aromatic N) is 1. The van der Waals surface area contributed by atoms with E-state index in [-0.39, 0.29) is 4.90 Å². The second-order valence-electron chi connectivity index (χ2n) is 4.24. The molecule has 6 heteroatoms. The maximum atomic E-state index is 11.9. The zero-order valence-electron chi connectivity index (χ0n) is 10.8. The molecule has 2 rings (SSSR count). The van der Waals surface area contributed by atoms with Crippen molar-refractivity contribution in [3.63, 3.8) is 0 Å². The van der Waals surface area contributed by atoms with Crippen LogP contribution in [0, 0.1) is 0 Å². The number of anilines is 1. The minimum atomic E-state index is -3.36. The van der Waals surface area contributed by atoms with Crippen molar-refractivity contribution in [2.75, 3.05) is 19.4 Å². The monoisotopic (exact) mass is 280 g/mol. The van der Waals surface area contributed by atoms with Crippen LogP contribution < -0.4 is 5.32 Å². The lowest BCUT2D eigenvalue weighted by Crippen LogP contribution is -2.22. The van der Waals surface area contributed by atoms with E-state index in [4.69, 9.17) is 4.42 Å². The second-order valence-corrected chi connectivity index (χ2v) is 6.40. The van der Waals surface area contributed by atoms with Crippen LogP contribution in [0.25, 0.3) is 0 Å². The molecule has 102 valence electrons. The summed E-state index contributed by atoms with van der Waals surface area (Å²) in [5.74, 6) is 0.824. The molecule has 0 aliphatic carbocycles. The number of benzene rings is 1. The lowest BCUT2D eigenvalue weighted by Gasteiger charge is -2.12. The summed E-state index contributed by atoms with van der Waals surface area (Å²) in [6.07, 6.45) is 1.61. The highest BCUT2D eigenvalue weighted by molar-refractivity contribution is 7.89. The van der Waals surface area contributed by atoms with Gasteiger partial charge in [0.05, 0.1) is 17.7 Å². The van der Waals surface area contributed by atoms with Gasteiger partial charge in [0.25, 0.3) is 0 Å². The molecule has 0 unspecified atom stereocenters. The Labute approximate surface area is 112 Å². The molecule has 0 saturated carbocycles. The van der Waals surface area contributed by atoms with E-state index in [2.05, 4.69) is 5.32 Å². The molecule has 0 spiro atoms. The molecule has 0 saturated heterocycles. The quantitative estimate of drug-likeness (QED) is 0.911. The molecule has 5 nitrogen and oxygen atoms in total. The Morgan fingerprint density at radius 2 is 1.84 bits per heavy atom. The number of rotatable bonds is 5. The fourth-order valence-electron chi connectivity index (χ4n) is 1.56. The highest BCUT2D eigenvalue weighted by atomic mass is 32.2. The number of nitrogens with one attached hydrogen (secondary N) is 1. The number of furan rings is 1. The van der Waals surface area contributed by atoms with Gasteiger partial charge in [-0.25, -0.2) is 12.7 Å². The van der Waals surface area contributed by atoms with E-state index in [9.17, 15) is 8.42 Å². The average molecular weight is 280 g/mol. The van der Waals surface area contributed by atoms with Crippen LogP contribution in [0.1, 0.15) is 5.76 Å². The largest absolute Gasteiger partial charge is 0.467 e. The Bertz CT molecular complexity index is 616. The Hall–Kier alpha value is -1.79. The van der Waals surface area contributed by atoms with Gasteiger partial charge in [0.15, 0.2) is 0 Å². The highest BCUT2D eigenvalue weighted by Gasteiger charge is 2.16. The first-order chi connectivity index (χ1) is 9.00. The van der Waals surface area contributed by atoms with Crippen molar-refractivity contribution in [1.82, 2.24) is 4.31 Å². The lowest BCUT2D eigenvalue weighted by molar-refractivity contribution is 0.517. The zero-order valence-corrected chi connectivity index (χ0v) is 11.6. The lowest BCUT2D eigenvalue weighted by atomic mass is 10.3. The van der Waals surface area contributed by atoms with Crippen LogP contribution in [-0.4, -0.2) is 26.8 Å². The molecule has 0 aliphatic rings. The molecular weight excluding hydrogens is 264 g/mol. The minimum absolute atomic E-state index is 0.279. The van der Waals surface area contributed by atoms with E-state index in [1.165, 1.54) is 18.4 Å². The molecule has 2 aromatic rings. The van der Waals surface area contributed by atoms with Gasteiger partial charge in [0.2, 0.25) is 10.0 Å². The van der Waals surface area contributed by atoms with Crippen LogP contribution in [-0.2, 0) is 16.6 Å². The summed E-state index contributed by atoms with van der Waals surface area (Å²) in [4.78, 5) is 0.279. The van der Waals surface area contributed by atoms with Crippen molar-refractivity contribution in [2.45, 2.75) is 11.4 Å². The van der Waals surface area contributed by atoms with E-state index in [1.54, 1.807) is 30.5 Å². The molecule has 0 radical (unpaired) electrons. The topological polar surface area (TPSA) is 62.6 Å². The standard InChI is InChI=1S/C13H16N2O3S/c1-15(2)19(16,17)13-7-5-11(6-8-13)14-10-12-4-3-9-18-12/h3-9,14H,10H2,1-2H3. The van der Waals surface area contributed by atoms with Gasteiger partial charge in [0, 0.05) is 19.8 Å². The Morgan fingerprint density at radius 3 is 2.37 bits per heavy atom. The van der Waals surface area contributed by atoms with E-state index >= 15 is 0 Å². The molecule has 19 heavy (non-hydrogen) atoms. The van der Waals surface area contributed by atoms with Crippen molar-refractivity contribution >= 4 is 15.7 Å². The summed E-state index contributed by atoms with van der Waals surface area (Å²) in [7, 11) is -0.340. The summed E-state index contributed by atoms with van der Waals surface area (Å²) < 4.78 is 30.1. The van der Waals surface area contributed by atoms with Crippen molar-refractivity contribution in [1.29, 1.82) is 0 Å². The predicted octanol–water partition coefficient (Wildman–Crippen LogP) is 2.14. The van der Waals surface area contributed by atoms with Crippen LogP contribution in [0.3, 0.4) is 0 Å². The third-order valence-electron chi connectivity index (χ3n) is 2.68. The zero-order chi connectivity index (χ0) is 13.9. The van der Waals surface area contributed by atoms with Crippen LogP contribution in [0.4, 0.5) is 5.69 Å². The van der Waals surface area contributed by atoms with Crippen LogP contribution in [0.2, 0.25) is 0 Å². The van der Waals surface area contributed by atoms with E-state index in [1.807, 2.05) is 12.1 Å². The third kappa shape index (κ3) is 3.15. The van der Waals surface area contributed by atoms with E-state index < -0.39 is 10.0 Å². The normalized spacial score (nSPS) is 11.7. The van der Waals surface area contributed by atoms with Crippen molar-refractivity contribution in [3.8, 4) is 0 Å². The van der Waals surface area contributed by atoms with Crippen LogP contribution in [0.15, 0.2) is 52.0 Å². The molecule has 1 aromatic heterocycles. The summed E-state index contributed by atoms with van der Waals surface area (Å²) in [6, 6.07) is 10.3. The highest BCUT2D eigenvalue weighted by Crippen LogP contribution is 2.17. The molecule has 1 heterocycles. The average Bonchev–Trinajstić information content (AvgIpc) is 2.90. The number of hydrogen-bond acceptors (Lipinski definition) is 4. The van der Waals surface area contributed by atoms with Gasteiger partial charge >= 0.3 is 0 Å². The molecule has 0 aliphatic heterocycles. The van der Waals surface area contributed by atoms with Crippen LogP contribution >= 0.6 is 0 Å². The molecular formula is C13H16N2O3S. The molecule has 0 fully saturated rings. The Kier molecular flexibility index (Phi) is 3.92. The van der Waals surface area contributed by atoms with Crippen molar-refractivity contribution in [2.24, 2.45) is 0 Å². The molecule has 0 atom stereocenters. The molecule has 0 bridgehead atoms. The smallest absolute Gasteiger partial charge is 0.242 e. The van der Waals surface area contributed by atoms with Gasteiger partial charge in [-0.2, -0.15) is 0 Å². The van der Waals surface area contributed by atoms with Crippen molar-refractivity contribution in [3.05, 3.63) is 48.4 Å². The summed E-state index contributed by atoms with van der Waals surface area (Å²) in [5.41, 5.74) is 0.842. The first-order valence-corrected chi connectivity index (χ1v) is 7.23. The maximum absolute atomic E-state index is 11.9. The summed E-state index contributed by atoms with van der Waals surface area (Å²) in [6.45, 7) is 0.562. The first kappa shape index (κ1) is 13.6. The summed E-state index contributed by atoms with van der Waals surface area (Å²) in [5, 5.41) is 3.15. The fourth-order valence-corrected chi connectivity index (χ4v) is 2.46. The maximum Gasteiger partial charge on any atom is 0.242 e. The third-order valence-corrected chi connectivity index (χ3v) is 4.51. The Balaban J connectivity index is 2.07. The van der Waals surface area contributed by atoms with Gasteiger partial charge in [0.1, 0.15) is 5.76 Å². The number of sulfonamides is 1.